The fourth-order valence-electron chi connectivity index (χ4n) is 1.75. The molecule has 1 N–H and O–H groups in total. The molecule has 2 aromatic rings. The molecule has 0 aliphatic heterocycles. The SMILES string of the molecule is O=c1c(NC2CC2)c(Cl)cnn1-c1ccccc1. The van der Waals surface area contributed by atoms with Gasteiger partial charge in [0.1, 0.15) is 5.69 Å². The molecule has 0 bridgehead atoms. The number of anilines is 1. The monoisotopic (exact) mass is 261 g/mol. The van der Waals surface area contributed by atoms with Crippen LogP contribution in [-0.2, 0) is 0 Å². The molecule has 1 aromatic heterocycles. The van der Waals surface area contributed by atoms with E-state index in [2.05, 4.69) is 10.4 Å². The van der Waals surface area contributed by atoms with Gasteiger partial charge in [-0.1, -0.05) is 29.8 Å². The predicted molar refractivity (Wildman–Crippen MR) is 71.5 cm³/mol. The van der Waals surface area contributed by atoms with Crippen LogP contribution in [0.25, 0.3) is 5.69 Å². The Balaban J connectivity index is 2.08. The standard InChI is InChI=1S/C13H12ClN3O/c14-11-8-15-17(10-4-2-1-3-5-10)13(18)12(11)16-9-6-7-9/h1-5,8-9,16H,6-7H2. The van der Waals surface area contributed by atoms with Crippen molar-refractivity contribution < 1.29 is 0 Å². The van der Waals surface area contributed by atoms with Crippen molar-refractivity contribution in [2.24, 2.45) is 0 Å². The molecule has 3 rings (SSSR count). The van der Waals surface area contributed by atoms with Gasteiger partial charge in [0.15, 0.2) is 0 Å². The molecule has 0 saturated heterocycles. The molecule has 0 radical (unpaired) electrons. The minimum absolute atomic E-state index is 0.208. The van der Waals surface area contributed by atoms with E-state index in [0.29, 0.717) is 16.8 Å². The molecule has 1 fully saturated rings. The van der Waals surface area contributed by atoms with Crippen molar-refractivity contribution in [3.63, 3.8) is 0 Å². The Morgan fingerprint density at radius 2 is 2.00 bits per heavy atom. The lowest BCUT2D eigenvalue weighted by atomic mass is 10.3. The van der Waals surface area contributed by atoms with Crippen LogP contribution in [0.1, 0.15) is 12.8 Å². The number of nitrogens with one attached hydrogen (secondary N) is 1. The van der Waals surface area contributed by atoms with Crippen LogP contribution >= 0.6 is 11.6 Å². The van der Waals surface area contributed by atoms with Gasteiger partial charge in [-0.2, -0.15) is 9.78 Å². The first-order valence-corrected chi connectivity index (χ1v) is 6.23. The van der Waals surface area contributed by atoms with Crippen molar-refractivity contribution in [2.75, 3.05) is 5.32 Å². The van der Waals surface area contributed by atoms with E-state index in [1.165, 1.54) is 10.9 Å². The highest BCUT2D eigenvalue weighted by atomic mass is 35.5. The lowest BCUT2D eigenvalue weighted by molar-refractivity contribution is 0.807. The van der Waals surface area contributed by atoms with Crippen molar-refractivity contribution >= 4 is 17.3 Å². The molecule has 18 heavy (non-hydrogen) atoms. The van der Waals surface area contributed by atoms with Crippen LogP contribution in [0.5, 0.6) is 0 Å². The molecule has 92 valence electrons. The highest BCUT2D eigenvalue weighted by Gasteiger charge is 2.24. The van der Waals surface area contributed by atoms with Gasteiger partial charge in [0.25, 0.3) is 5.56 Å². The van der Waals surface area contributed by atoms with Crippen LogP contribution in [0.15, 0.2) is 41.3 Å². The van der Waals surface area contributed by atoms with Crippen LogP contribution in [0, 0.1) is 0 Å². The van der Waals surface area contributed by atoms with Crippen molar-refractivity contribution in [1.82, 2.24) is 9.78 Å². The maximum absolute atomic E-state index is 12.3. The van der Waals surface area contributed by atoms with Gasteiger partial charge in [-0.3, -0.25) is 4.79 Å². The highest BCUT2D eigenvalue weighted by molar-refractivity contribution is 6.33. The number of benzene rings is 1. The quantitative estimate of drug-likeness (QED) is 0.923. The third-order valence-corrected chi connectivity index (χ3v) is 3.14. The third kappa shape index (κ3) is 2.11. The summed E-state index contributed by atoms with van der Waals surface area (Å²) in [5.41, 5.74) is 0.969. The van der Waals surface area contributed by atoms with Gasteiger partial charge in [-0.25, -0.2) is 0 Å². The lowest BCUT2D eigenvalue weighted by Gasteiger charge is -2.09. The summed E-state index contributed by atoms with van der Waals surface area (Å²) in [6, 6.07) is 9.68. The second-order valence-electron chi connectivity index (χ2n) is 4.34. The van der Waals surface area contributed by atoms with Crippen molar-refractivity contribution in [2.45, 2.75) is 18.9 Å². The van der Waals surface area contributed by atoms with E-state index in [1.54, 1.807) is 0 Å². The van der Waals surface area contributed by atoms with Crippen LogP contribution in [0.4, 0.5) is 5.69 Å². The third-order valence-electron chi connectivity index (χ3n) is 2.86. The zero-order valence-corrected chi connectivity index (χ0v) is 10.4. The summed E-state index contributed by atoms with van der Waals surface area (Å²) in [5.74, 6) is 0. The molecule has 5 heteroatoms. The first kappa shape index (κ1) is 11.3. The maximum Gasteiger partial charge on any atom is 0.296 e. The van der Waals surface area contributed by atoms with Gasteiger partial charge in [-0.05, 0) is 25.0 Å². The van der Waals surface area contributed by atoms with Crippen LogP contribution in [0.3, 0.4) is 0 Å². The van der Waals surface area contributed by atoms with E-state index in [9.17, 15) is 4.79 Å². The lowest BCUT2D eigenvalue weighted by Crippen LogP contribution is -2.25. The fourth-order valence-corrected chi connectivity index (χ4v) is 1.93. The molecule has 1 aromatic carbocycles. The Hall–Kier alpha value is -1.81. The number of rotatable bonds is 3. The van der Waals surface area contributed by atoms with E-state index in [-0.39, 0.29) is 5.56 Å². The van der Waals surface area contributed by atoms with Crippen LogP contribution in [0.2, 0.25) is 5.02 Å². The van der Waals surface area contributed by atoms with Gasteiger partial charge in [0, 0.05) is 6.04 Å². The predicted octanol–water partition coefficient (Wildman–Crippen LogP) is 2.46. The molecular weight excluding hydrogens is 250 g/mol. The van der Waals surface area contributed by atoms with Gasteiger partial charge in [-0.15, -0.1) is 0 Å². The topological polar surface area (TPSA) is 46.9 Å². The normalized spacial score (nSPS) is 14.5. The molecule has 1 aliphatic carbocycles. The zero-order chi connectivity index (χ0) is 12.5. The summed E-state index contributed by atoms with van der Waals surface area (Å²) in [6.45, 7) is 0. The molecule has 0 unspecified atom stereocenters. The number of aromatic nitrogens is 2. The van der Waals surface area contributed by atoms with Crippen LogP contribution < -0.4 is 10.9 Å². The summed E-state index contributed by atoms with van der Waals surface area (Å²) < 4.78 is 1.36. The number of hydrogen-bond acceptors (Lipinski definition) is 3. The van der Waals surface area contributed by atoms with E-state index < -0.39 is 0 Å². The van der Waals surface area contributed by atoms with E-state index in [4.69, 9.17) is 11.6 Å². The summed E-state index contributed by atoms with van der Waals surface area (Å²) in [7, 11) is 0. The van der Waals surface area contributed by atoms with Crippen molar-refractivity contribution in [3.8, 4) is 5.69 Å². The Morgan fingerprint density at radius 3 is 2.67 bits per heavy atom. The van der Waals surface area contributed by atoms with Crippen LogP contribution in [-0.4, -0.2) is 15.8 Å². The number of hydrogen-bond donors (Lipinski definition) is 1. The van der Waals surface area contributed by atoms with Crippen molar-refractivity contribution in [1.29, 1.82) is 0 Å². The minimum Gasteiger partial charge on any atom is -0.377 e. The Kier molecular flexibility index (Phi) is 2.80. The van der Waals surface area contributed by atoms with E-state index in [0.717, 1.165) is 18.5 Å². The molecule has 0 spiro atoms. The second kappa shape index (κ2) is 4.46. The molecule has 0 atom stereocenters. The summed E-state index contributed by atoms with van der Waals surface area (Å²) in [6.07, 6.45) is 3.67. The van der Waals surface area contributed by atoms with Gasteiger partial charge < -0.3 is 5.32 Å². The van der Waals surface area contributed by atoms with E-state index >= 15 is 0 Å². The number of para-hydroxylation sites is 1. The molecule has 0 amide bonds. The summed E-state index contributed by atoms with van der Waals surface area (Å²) >= 11 is 6.02. The Morgan fingerprint density at radius 1 is 1.28 bits per heavy atom. The Bertz CT molecular complexity index is 620. The molecule has 1 aliphatic rings. The van der Waals surface area contributed by atoms with E-state index in [1.807, 2.05) is 30.3 Å². The molecular formula is C13H12ClN3O. The molecule has 4 nitrogen and oxygen atoms in total. The van der Waals surface area contributed by atoms with Gasteiger partial charge in [0.05, 0.1) is 16.9 Å². The average Bonchev–Trinajstić information content (AvgIpc) is 3.20. The molecule has 1 heterocycles. The first-order chi connectivity index (χ1) is 8.75. The smallest absolute Gasteiger partial charge is 0.296 e. The summed E-state index contributed by atoms with van der Waals surface area (Å²) in [5, 5.41) is 7.60. The van der Waals surface area contributed by atoms with Crippen molar-refractivity contribution in [3.05, 3.63) is 51.9 Å². The summed E-state index contributed by atoms with van der Waals surface area (Å²) in [4.78, 5) is 12.3. The van der Waals surface area contributed by atoms with Gasteiger partial charge in [0.2, 0.25) is 0 Å². The van der Waals surface area contributed by atoms with Gasteiger partial charge >= 0.3 is 0 Å². The number of nitrogens with zero attached hydrogens (tertiary/aromatic N) is 2. The number of halogens is 1. The first-order valence-electron chi connectivity index (χ1n) is 5.85. The average molecular weight is 262 g/mol. The fraction of sp³-hybridized carbons (Fsp3) is 0.231. The largest absolute Gasteiger partial charge is 0.377 e. The minimum atomic E-state index is -0.208. The Labute approximate surface area is 109 Å². The molecule has 1 saturated carbocycles. The second-order valence-corrected chi connectivity index (χ2v) is 4.75. The highest BCUT2D eigenvalue weighted by Crippen LogP contribution is 2.26. The zero-order valence-electron chi connectivity index (χ0n) is 9.64. The maximum atomic E-state index is 12.3.